The third kappa shape index (κ3) is 5.16. The standard InChI is InChI=1S/C23H31N3O6/c24-21(28)20-11-6-12-26(20,23(30)32-15-18-9-2-1-3-10-18)22(29)19(14-25(31)16-27)13-17-7-4-5-8-17/h1-3,9-10,16-17,19-20,31H,4-8,11-15H2,(H-,24,28)/p+1/t19-,20+,26?/m1/s1. The summed E-state index contributed by atoms with van der Waals surface area (Å²) >= 11 is 0. The van der Waals surface area contributed by atoms with Gasteiger partial charge in [-0.15, -0.1) is 4.48 Å². The van der Waals surface area contributed by atoms with E-state index in [4.69, 9.17) is 10.5 Å². The van der Waals surface area contributed by atoms with Gasteiger partial charge in [-0.05, 0) is 17.9 Å². The number of hydrogen-bond acceptors (Lipinski definition) is 6. The van der Waals surface area contributed by atoms with Gasteiger partial charge >= 0.3 is 12.0 Å². The molecule has 4 amide bonds. The van der Waals surface area contributed by atoms with Crippen LogP contribution in [0.4, 0.5) is 4.79 Å². The summed E-state index contributed by atoms with van der Waals surface area (Å²) in [5.41, 5.74) is 6.37. The van der Waals surface area contributed by atoms with Gasteiger partial charge in [0.2, 0.25) is 6.41 Å². The Hall–Kier alpha value is -2.78. The summed E-state index contributed by atoms with van der Waals surface area (Å²) in [5.74, 6) is -1.79. The molecule has 0 radical (unpaired) electrons. The number of carbonyl (C=O) groups is 4. The molecule has 2 aliphatic rings. The molecule has 9 nitrogen and oxygen atoms in total. The number of amides is 4. The molecule has 0 spiro atoms. The molecule has 3 N–H and O–H groups in total. The summed E-state index contributed by atoms with van der Waals surface area (Å²) in [4.78, 5) is 50.6. The predicted molar refractivity (Wildman–Crippen MR) is 114 cm³/mol. The van der Waals surface area contributed by atoms with E-state index in [1.807, 2.05) is 18.2 Å². The molecule has 3 atom stereocenters. The minimum atomic E-state index is -1.03. The van der Waals surface area contributed by atoms with Crippen molar-refractivity contribution in [3.05, 3.63) is 35.9 Å². The minimum absolute atomic E-state index is 0.0355. The number of rotatable bonds is 9. The van der Waals surface area contributed by atoms with Crippen LogP contribution in [0.2, 0.25) is 0 Å². The number of ether oxygens (including phenoxy) is 1. The van der Waals surface area contributed by atoms with Crippen LogP contribution in [0.15, 0.2) is 30.3 Å². The van der Waals surface area contributed by atoms with Crippen LogP contribution < -0.4 is 5.73 Å². The van der Waals surface area contributed by atoms with Gasteiger partial charge in [0.15, 0.2) is 6.04 Å². The maximum Gasteiger partial charge on any atom is 0.524 e. The normalized spacial score (nSPS) is 24.1. The Labute approximate surface area is 187 Å². The zero-order valence-electron chi connectivity index (χ0n) is 18.2. The Morgan fingerprint density at radius 1 is 1.16 bits per heavy atom. The molecular formula is C23H32N3O6+. The molecule has 32 heavy (non-hydrogen) atoms. The first kappa shape index (κ1) is 23.9. The van der Waals surface area contributed by atoms with Gasteiger partial charge < -0.3 is 10.5 Å². The first-order valence-corrected chi connectivity index (χ1v) is 11.2. The van der Waals surface area contributed by atoms with Gasteiger partial charge in [0.25, 0.3) is 5.91 Å². The van der Waals surface area contributed by atoms with E-state index in [-0.39, 0.29) is 32.0 Å². The monoisotopic (exact) mass is 446 g/mol. The summed E-state index contributed by atoms with van der Waals surface area (Å²) < 4.78 is 4.71. The fraction of sp³-hybridized carbons (Fsp3) is 0.565. The van der Waals surface area contributed by atoms with E-state index in [2.05, 4.69) is 0 Å². The summed E-state index contributed by atoms with van der Waals surface area (Å²) in [6.45, 7) is -0.170. The lowest BCUT2D eigenvalue weighted by molar-refractivity contribution is -0.787. The summed E-state index contributed by atoms with van der Waals surface area (Å²) in [6.07, 6.45) is 4.65. The molecular weight excluding hydrogens is 414 g/mol. The summed E-state index contributed by atoms with van der Waals surface area (Å²) in [5, 5.41) is 10.3. The van der Waals surface area contributed by atoms with E-state index in [9.17, 15) is 24.4 Å². The maximum atomic E-state index is 13.9. The van der Waals surface area contributed by atoms with Gasteiger partial charge in [-0.2, -0.15) is 4.79 Å². The number of primary amides is 1. The zero-order chi connectivity index (χ0) is 23.1. The van der Waals surface area contributed by atoms with Crippen molar-refractivity contribution in [2.45, 2.75) is 57.6 Å². The summed E-state index contributed by atoms with van der Waals surface area (Å²) in [6, 6.07) is 8.03. The molecule has 1 aromatic rings. The molecule has 1 heterocycles. The smallest absolute Gasteiger partial charge is 0.415 e. The Morgan fingerprint density at radius 3 is 2.47 bits per heavy atom. The molecule has 1 unspecified atom stereocenters. The SMILES string of the molecule is NC(=O)[C@@H]1CCC[N+]1(C(=O)OCc1ccccc1)C(=O)[C@H](CC1CCCC1)CN(O)C=O. The Morgan fingerprint density at radius 2 is 1.84 bits per heavy atom. The van der Waals surface area contributed by atoms with Crippen LogP contribution in [-0.4, -0.2) is 58.2 Å². The molecule has 1 saturated heterocycles. The molecule has 0 bridgehead atoms. The Balaban J connectivity index is 1.89. The highest BCUT2D eigenvalue weighted by molar-refractivity contribution is 5.89. The van der Waals surface area contributed by atoms with Crippen molar-refractivity contribution in [3.63, 3.8) is 0 Å². The highest BCUT2D eigenvalue weighted by Gasteiger charge is 2.60. The highest BCUT2D eigenvalue weighted by Crippen LogP contribution is 2.36. The number of quaternary nitrogens is 1. The molecule has 174 valence electrons. The third-order valence-electron chi connectivity index (χ3n) is 6.74. The van der Waals surface area contributed by atoms with Crippen molar-refractivity contribution in [2.24, 2.45) is 17.6 Å². The highest BCUT2D eigenvalue weighted by atomic mass is 16.6. The van der Waals surface area contributed by atoms with Crippen LogP contribution in [-0.2, 0) is 25.7 Å². The van der Waals surface area contributed by atoms with Gasteiger partial charge in [0.05, 0.1) is 19.0 Å². The van der Waals surface area contributed by atoms with Crippen molar-refractivity contribution in [2.75, 3.05) is 13.1 Å². The van der Waals surface area contributed by atoms with Crippen LogP contribution in [0, 0.1) is 11.8 Å². The van der Waals surface area contributed by atoms with Crippen molar-refractivity contribution in [1.82, 2.24) is 5.06 Å². The number of carbonyl (C=O) groups excluding carboxylic acids is 4. The number of likely N-dealkylation sites (tertiary alicyclic amines) is 1. The Kier molecular flexibility index (Phi) is 7.98. The topological polar surface area (TPSA) is 127 Å². The first-order chi connectivity index (χ1) is 15.4. The van der Waals surface area contributed by atoms with Gasteiger partial charge in [0, 0.05) is 12.8 Å². The van der Waals surface area contributed by atoms with Gasteiger partial charge in [-0.3, -0.25) is 14.8 Å². The first-order valence-electron chi connectivity index (χ1n) is 11.2. The van der Waals surface area contributed by atoms with E-state index in [1.165, 1.54) is 0 Å². The maximum absolute atomic E-state index is 13.9. The predicted octanol–water partition coefficient (Wildman–Crippen LogP) is 2.36. The van der Waals surface area contributed by atoms with Crippen LogP contribution in [0.1, 0.15) is 50.5 Å². The fourth-order valence-electron chi connectivity index (χ4n) is 5.17. The molecule has 2 fully saturated rings. The Bertz CT molecular complexity index is 826. The average Bonchev–Trinajstić information content (AvgIpc) is 3.47. The lowest BCUT2D eigenvalue weighted by Gasteiger charge is -2.35. The molecule has 1 aliphatic heterocycles. The van der Waals surface area contributed by atoms with Crippen molar-refractivity contribution < 1.29 is 33.6 Å². The molecule has 3 rings (SSSR count). The largest absolute Gasteiger partial charge is 0.524 e. The minimum Gasteiger partial charge on any atom is -0.415 e. The van der Waals surface area contributed by atoms with Crippen molar-refractivity contribution in [3.8, 4) is 0 Å². The molecule has 9 heteroatoms. The van der Waals surface area contributed by atoms with E-state index in [0.29, 0.717) is 24.3 Å². The fourth-order valence-corrected chi connectivity index (χ4v) is 5.17. The van der Waals surface area contributed by atoms with E-state index >= 15 is 0 Å². The number of benzene rings is 1. The molecule has 1 saturated carbocycles. The third-order valence-corrected chi connectivity index (χ3v) is 6.74. The quantitative estimate of drug-likeness (QED) is 0.259. The number of hydroxylamine groups is 2. The lowest BCUT2D eigenvalue weighted by atomic mass is 9.91. The molecule has 1 aliphatic carbocycles. The van der Waals surface area contributed by atoms with Crippen LogP contribution >= 0.6 is 0 Å². The van der Waals surface area contributed by atoms with E-state index < -0.39 is 34.4 Å². The van der Waals surface area contributed by atoms with Gasteiger partial charge in [-0.1, -0.05) is 56.0 Å². The second-order valence-corrected chi connectivity index (χ2v) is 8.84. The zero-order valence-corrected chi connectivity index (χ0v) is 18.2. The van der Waals surface area contributed by atoms with Crippen LogP contribution in [0.25, 0.3) is 0 Å². The van der Waals surface area contributed by atoms with Gasteiger partial charge in [-0.25, -0.2) is 9.86 Å². The van der Waals surface area contributed by atoms with Crippen LogP contribution in [0.3, 0.4) is 0 Å². The van der Waals surface area contributed by atoms with Gasteiger partial charge in [0.1, 0.15) is 6.61 Å². The second kappa shape index (κ2) is 10.7. The van der Waals surface area contributed by atoms with E-state index in [1.54, 1.807) is 12.1 Å². The van der Waals surface area contributed by atoms with Crippen molar-refractivity contribution >= 4 is 24.3 Å². The van der Waals surface area contributed by atoms with E-state index in [0.717, 1.165) is 31.2 Å². The van der Waals surface area contributed by atoms with Crippen LogP contribution in [0.5, 0.6) is 0 Å². The molecule has 0 aromatic heterocycles. The second-order valence-electron chi connectivity index (χ2n) is 8.84. The number of nitrogens with zero attached hydrogens (tertiary/aromatic N) is 2. The lowest BCUT2D eigenvalue weighted by Crippen LogP contribution is -2.65. The number of nitrogens with two attached hydrogens (primary N) is 1. The molecule has 1 aromatic carbocycles. The number of imide groups is 1. The average molecular weight is 447 g/mol. The van der Waals surface area contributed by atoms with Crippen molar-refractivity contribution in [1.29, 1.82) is 0 Å². The number of hydrogen-bond donors (Lipinski definition) is 2. The summed E-state index contributed by atoms with van der Waals surface area (Å²) in [7, 11) is 0.